The molecule has 20 heavy (non-hydrogen) atoms. The highest BCUT2D eigenvalue weighted by Crippen LogP contribution is 2.24. The van der Waals surface area contributed by atoms with Crippen LogP contribution in [0.4, 0.5) is 0 Å². The lowest BCUT2D eigenvalue weighted by Crippen LogP contribution is -2.52. The fourth-order valence-corrected chi connectivity index (χ4v) is 4.52. The van der Waals surface area contributed by atoms with Gasteiger partial charge in [-0.25, -0.2) is 8.42 Å². The number of hydrogen-bond acceptors (Lipinski definition) is 4. The van der Waals surface area contributed by atoms with Crippen LogP contribution in [0, 0.1) is 0 Å². The molecule has 8 heteroatoms. The molecule has 0 aromatic heterocycles. The average molecular weight is 362 g/mol. The van der Waals surface area contributed by atoms with E-state index in [1.165, 1.54) is 22.5 Å². The predicted molar refractivity (Wildman–Crippen MR) is 78.9 cm³/mol. The third-order valence-corrected chi connectivity index (χ3v) is 5.65. The molecule has 0 aliphatic carbocycles. The Morgan fingerprint density at radius 2 is 2.15 bits per heavy atom. The third kappa shape index (κ3) is 3.03. The van der Waals surface area contributed by atoms with E-state index in [0.29, 0.717) is 24.1 Å². The fourth-order valence-electron chi connectivity index (χ4n) is 2.17. The molecule has 1 saturated heterocycles. The summed E-state index contributed by atoms with van der Waals surface area (Å²) in [6.07, 6.45) is 0. The Labute approximate surface area is 126 Å². The standard InChI is InChI=1S/C12H16BrN3O3S/c1-8-7-15-2-3-16(8)20(18,19)11-5-9(12(14)17)4-10(13)6-11/h4-6,8,15H,2-3,7H2,1H3,(H2,14,17). The predicted octanol–water partition coefficient (Wildman–Crippen LogP) is 0.530. The second kappa shape index (κ2) is 5.80. The summed E-state index contributed by atoms with van der Waals surface area (Å²) in [7, 11) is -3.63. The minimum absolute atomic E-state index is 0.0782. The minimum atomic E-state index is -3.63. The summed E-state index contributed by atoms with van der Waals surface area (Å²) in [5.41, 5.74) is 5.39. The van der Waals surface area contributed by atoms with Gasteiger partial charge in [0.25, 0.3) is 0 Å². The molecule has 0 spiro atoms. The first-order valence-electron chi connectivity index (χ1n) is 6.15. The average Bonchev–Trinajstić information content (AvgIpc) is 2.38. The van der Waals surface area contributed by atoms with Gasteiger partial charge >= 0.3 is 0 Å². The Bertz CT molecular complexity index is 633. The van der Waals surface area contributed by atoms with Crippen molar-refractivity contribution in [3.63, 3.8) is 0 Å². The molecule has 1 amide bonds. The summed E-state index contributed by atoms with van der Waals surface area (Å²) in [6.45, 7) is 3.47. The van der Waals surface area contributed by atoms with Crippen LogP contribution in [0.5, 0.6) is 0 Å². The number of carbonyl (C=O) groups excluding carboxylic acids is 1. The summed E-state index contributed by atoms with van der Waals surface area (Å²) < 4.78 is 27.2. The Morgan fingerprint density at radius 1 is 1.45 bits per heavy atom. The van der Waals surface area contributed by atoms with Gasteiger partial charge in [0, 0.05) is 35.7 Å². The first-order chi connectivity index (χ1) is 9.32. The highest BCUT2D eigenvalue weighted by atomic mass is 79.9. The van der Waals surface area contributed by atoms with Gasteiger partial charge in [-0.15, -0.1) is 0 Å². The number of benzene rings is 1. The van der Waals surface area contributed by atoms with Crippen molar-refractivity contribution in [3.05, 3.63) is 28.2 Å². The molecular formula is C12H16BrN3O3S. The van der Waals surface area contributed by atoms with Gasteiger partial charge in [0.2, 0.25) is 15.9 Å². The van der Waals surface area contributed by atoms with Crippen molar-refractivity contribution < 1.29 is 13.2 Å². The number of halogens is 1. The lowest BCUT2D eigenvalue weighted by molar-refractivity contribution is 0.1000. The smallest absolute Gasteiger partial charge is 0.248 e. The molecule has 6 nitrogen and oxygen atoms in total. The molecule has 1 aliphatic heterocycles. The van der Waals surface area contributed by atoms with Crippen LogP contribution in [-0.4, -0.2) is 44.3 Å². The Hall–Kier alpha value is -0.960. The normalized spacial score (nSPS) is 20.8. The van der Waals surface area contributed by atoms with Gasteiger partial charge < -0.3 is 11.1 Å². The molecule has 1 aromatic carbocycles. The van der Waals surface area contributed by atoms with Crippen molar-refractivity contribution in [3.8, 4) is 0 Å². The van der Waals surface area contributed by atoms with Crippen LogP contribution in [0.1, 0.15) is 17.3 Å². The van der Waals surface area contributed by atoms with Gasteiger partial charge in [0.15, 0.2) is 0 Å². The molecule has 3 N–H and O–H groups in total. The summed E-state index contributed by atoms with van der Waals surface area (Å²) in [5.74, 6) is -0.656. The van der Waals surface area contributed by atoms with Gasteiger partial charge in [0.1, 0.15) is 0 Å². The van der Waals surface area contributed by atoms with Crippen molar-refractivity contribution in [2.45, 2.75) is 17.9 Å². The van der Waals surface area contributed by atoms with E-state index < -0.39 is 15.9 Å². The molecule has 110 valence electrons. The Balaban J connectivity index is 2.46. The number of amides is 1. The number of sulfonamides is 1. The maximum atomic E-state index is 12.6. The Kier molecular flexibility index (Phi) is 4.48. The first kappa shape index (κ1) is 15.4. The van der Waals surface area contributed by atoms with Crippen molar-refractivity contribution in [1.29, 1.82) is 0 Å². The number of nitrogens with one attached hydrogen (secondary N) is 1. The molecule has 1 aromatic rings. The van der Waals surface area contributed by atoms with E-state index in [0.717, 1.165) is 0 Å². The third-order valence-electron chi connectivity index (χ3n) is 3.20. The maximum absolute atomic E-state index is 12.6. The molecule has 1 unspecified atom stereocenters. The lowest BCUT2D eigenvalue weighted by atomic mass is 10.2. The maximum Gasteiger partial charge on any atom is 0.248 e. The van der Waals surface area contributed by atoms with Crippen LogP contribution in [0.2, 0.25) is 0 Å². The number of carbonyl (C=O) groups is 1. The van der Waals surface area contributed by atoms with Gasteiger partial charge in [0.05, 0.1) is 4.90 Å². The van der Waals surface area contributed by atoms with Crippen LogP contribution in [0.25, 0.3) is 0 Å². The zero-order valence-electron chi connectivity index (χ0n) is 11.0. The van der Waals surface area contributed by atoms with E-state index in [9.17, 15) is 13.2 Å². The van der Waals surface area contributed by atoms with Gasteiger partial charge in [-0.1, -0.05) is 15.9 Å². The van der Waals surface area contributed by atoms with Crippen LogP contribution in [-0.2, 0) is 10.0 Å². The summed E-state index contributed by atoms with van der Waals surface area (Å²) in [6, 6.07) is 4.17. The molecule has 1 aliphatic rings. The molecule has 0 radical (unpaired) electrons. The molecule has 1 heterocycles. The zero-order valence-corrected chi connectivity index (χ0v) is 13.4. The van der Waals surface area contributed by atoms with Crippen LogP contribution >= 0.6 is 15.9 Å². The SMILES string of the molecule is CC1CNCCN1S(=O)(=O)c1cc(Br)cc(C(N)=O)c1. The largest absolute Gasteiger partial charge is 0.366 e. The van der Waals surface area contributed by atoms with Crippen molar-refractivity contribution in [2.24, 2.45) is 5.73 Å². The van der Waals surface area contributed by atoms with Gasteiger partial charge in [-0.05, 0) is 25.1 Å². The second-order valence-electron chi connectivity index (χ2n) is 4.71. The quantitative estimate of drug-likeness (QED) is 0.821. The highest BCUT2D eigenvalue weighted by Gasteiger charge is 2.31. The number of hydrogen-bond donors (Lipinski definition) is 2. The number of piperazine rings is 1. The molecule has 1 atom stereocenters. The van der Waals surface area contributed by atoms with E-state index in [1.807, 2.05) is 6.92 Å². The lowest BCUT2D eigenvalue weighted by Gasteiger charge is -2.32. The van der Waals surface area contributed by atoms with E-state index >= 15 is 0 Å². The number of nitrogens with two attached hydrogens (primary N) is 1. The number of primary amides is 1. The minimum Gasteiger partial charge on any atom is -0.366 e. The topological polar surface area (TPSA) is 92.5 Å². The number of nitrogens with zero attached hydrogens (tertiary/aromatic N) is 1. The van der Waals surface area contributed by atoms with Gasteiger partial charge in [-0.3, -0.25) is 4.79 Å². The second-order valence-corrected chi connectivity index (χ2v) is 7.51. The number of rotatable bonds is 3. The molecule has 2 rings (SSSR count). The van der Waals surface area contributed by atoms with Crippen LogP contribution in [0.3, 0.4) is 0 Å². The highest BCUT2D eigenvalue weighted by molar-refractivity contribution is 9.10. The van der Waals surface area contributed by atoms with E-state index in [2.05, 4.69) is 21.2 Å². The Morgan fingerprint density at radius 3 is 2.75 bits per heavy atom. The van der Waals surface area contributed by atoms with Crippen molar-refractivity contribution in [1.82, 2.24) is 9.62 Å². The van der Waals surface area contributed by atoms with E-state index in [1.54, 1.807) is 0 Å². The fraction of sp³-hybridized carbons (Fsp3) is 0.417. The van der Waals surface area contributed by atoms with Crippen molar-refractivity contribution >= 4 is 31.9 Å². The summed E-state index contributed by atoms with van der Waals surface area (Å²) in [4.78, 5) is 11.3. The zero-order chi connectivity index (χ0) is 14.9. The first-order valence-corrected chi connectivity index (χ1v) is 8.38. The van der Waals surface area contributed by atoms with E-state index in [4.69, 9.17) is 5.73 Å². The molecule has 0 bridgehead atoms. The monoisotopic (exact) mass is 361 g/mol. The summed E-state index contributed by atoms with van der Waals surface area (Å²) in [5, 5.41) is 3.14. The van der Waals surface area contributed by atoms with Gasteiger partial charge in [-0.2, -0.15) is 4.31 Å². The van der Waals surface area contributed by atoms with E-state index in [-0.39, 0.29) is 16.5 Å². The van der Waals surface area contributed by atoms with Crippen LogP contribution in [0.15, 0.2) is 27.6 Å². The molecule has 1 fully saturated rings. The van der Waals surface area contributed by atoms with Crippen LogP contribution < -0.4 is 11.1 Å². The summed E-state index contributed by atoms with van der Waals surface area (Å²) >= 11 is 3.21. The molecule has 0 saturated carbocycles. The van der Waals surface area contributed by atoms with Crippen molar-refractivity contribution in [2.75, 3.05) is 19.6 Å². The molecular weight excluding hydrogens is 346 g/mol.